The first-order valence-corrected chi connectivity index (χ1v) is 10.9. The molecule has 1 fully saturated rings. The van der Waals surface area contributed by atoms with Gasteiger partial charge in [0.2, 0.25) is 5.91 Å². The first kappa shape index (κ1) is 23.1. The quantitative estimate of drug-likeness (QED) is 0.664. The van der Waals surface area contributed by atoms with Crippen LogP contribution in [0.25, 0.3) is 0 Å². The van der Waals surface area contributed by atoms with Gasteiger partial charge in [0.25, 0.3) is 0 Å². The number of nitrogens with one attached hydrogen (secondary N) is 1. The van der Waals surface area contributed by atoms with E-state index in [1.165, 1.54) is 5.56 Å². The third-order valence-corrected chi connectivity index (χ3v) is 5.98. The number of hydrogen-bond acceptors (Lipinski definition) is 5. The summed E-state index contributed by atoms with van der Waals surface area (Å²) in [5.41, 5.74) is 1.86. The molecule has 31 heavy (non-hydrogen) atoms. The SMILES string of the molecule is COc1ccccc1CNC(=O)CN1CCCC(COc2ccc(C)cc2)(OC)CC1. The molecule has 6 nitrogen and oxygen atoms in total. The Labute approximate surface area is 185 Å². The number of carbonyl (C=O) groups excluding carboxylic acids is 1. The van der Waals surface area contributed by atoms with Crippen LogP contribution in [0.5, 0.6) is 11.5 Å². The van der Waals surface area contributed by atoms with E-state index in [-0.39, 0.29) is 11.5 Å². The summed E-state index contributed by atoms with van der Waals surface area (Å²) in [7, 11) is 3.40. The molecule has 0 aliphatic carbocycles. The minimum absolute atomic E-state index is 0.0201. The maximum atomic E-state index is 12.5. The molecule has 1 atom stereocenters. The molecule has 1 N–H and O–H groups in total. The van der Waals surface area contributed by atoms with E-state index in [0.717, 1.165) is 49.4 Å². The van der Waals surface area contributed by atoms with Crippen molar-refractivity contribution in [1.82, 2.24) is 10.2 Å². The average Bonchev–Trinajstić information content (AvgIpc) is 3.00. The smallest absolute Gasteiger partial charge is 0.234 e. The Morgan fingerprint density at radius 3 is 2.58 bits per heavy atom. The monoisotopic (exact) mass is 426 g/mol. The van der Waals surface area contributed by atoms with E-state index in [2.05, 4.69) is 17.1 Å². The molecule has 0 spiro atoms. The van der Waals surface area contributed by atoms with Gasteiger partial charge >= 0.3 is 0 Å². The molecule has 0 saturated carbocycles. The largest absolute Gasteiger partial charge is 0.496 e. The van der Waals surface area contributed by atoms with Crippen LogP contribution in [-0.4, -0.2) is 56.9 Å². The van der Waals surface area contributed by atoms with Crippen LogP contribution in [0.4, 0.5) is 0 Å². The zero-order chi connectivity index (χ0) is 22.1. The minimum atomic E-state index is -0.326. The van der Waals surface area contributed by atoms with E-state index in [1.807, 2.05) is 48.5 Å². The molecule has 2 aromatic rings. The van der Waals surface area contributed by atoms with Gasteiger partial charge < -0.3 is 19.5 Å². The summed E-state index contributed by atoms with van der Waals surface area (Å²) < 4.78 is 17.3. The maximum absolute atomic E-state index is 12.5. The molecule has 1 saturated heterocycles. The predicted octanol–water partition coefficient (Wildman–Crippen LogP) is 3.57. The van der Waals surface area contributed by atoms with Crippen LogP contribution in [0.3, 0.4) is 0 Å². The molecule has 0 bridgehead atoms. The normalized spacial score (nSPS) is 19.5. The zero-order valence-electron chi connectivity index (χ0n) is 18.9. The lowest BCUT2D eigenvalue weighted by atomic mass is 9.95. The van der Waals surface area contributed by atoms with E-state index in [0.29, 0.717) is 19.7 Å². The lowest BCUT2D eigenvalue weighted by molar-refractivity contribution is -0.122. The van der Waals surface area contributed by atoms with Crippen molar-refractivity contribution in [2.24, 2.45) is 0 Å². The van der Waals surface area contributed by atoms with Crippen molar-refractivity contribution in [3.05, 3.63) is 59.7 Å². The molecule has 1 heterocycles. The number of benzene rings is 2. The highest BCUT2D eigenvalue weighted by Crippen LogP contribution is 2.27. The Hall–Kier alpha value is -2.57. The van der Waals surface area contributed by atoms with Gasteiger partial charge in [-0.05, 0) is 50.9 Å². The first-order chi connectivity index (χ1) is 15.0. The molecular weight excluding hydrogens is 392 g/mol. The fraction of sp³-hybridized carbons (Fsp3) is 0.480. The summed E-state index contributed by atoms with van der Waals surface area (Å²) >= 11 is 0. The van der Waals surface area contributed by atoms with Crippen molar-refractivity contribution in [2.75, 3.05) is 40.5 Å². The van der Waals surface area contributed by atoms with Gasteiger partial charge in [-0.3, -0.25) is 9.69 Å². The second-order valence-electron chi connectivity index (χ2n) is 8.21. The summed E-state index contributed by atoms with van der Waals surface area (Å²) in [6.07, 6.45) is 2.70. The molecule has 1 aliphatic heterocycles. The summed E-state index contributed by atoms with van der Waals surface area (Å²) in [5.74, 6) is 1.67. The Bertz CT molecular complexity index is 840. The van der Waals surface area contributed by atoms with E-state index in [4.69, 9.17) is 14.2 Å². The number of ether oxygens (including phenoxy) is 3. The van der Waals surface area contributed by atoms with Crippen LogP contribution in [0.15, 0.2) is 48.5 Å². The van der Waals surface area contributed by atoms with Gasteiger partial charge in [0.1, 0.15) is 23.7 Å². The van der Waals surface area contributed by atoms with Crippen LogP contribution in [0.2, 0.25) is 0 Å². The Morgan fingerprint density at radius 2 is 1.84 bits per heavy atom. The van der Waals surface area contributed by atoms with Gasteiger partial charge in [-0.1, -0.05) is 35.9 Å². The lowest BCUT2D eigenvalue weighted by Gasteiger charge is -2.31. The fourth-order valence-corrected chi connectivity index (χ4v) is 3.94. The van der Waals surface area contributed by atoms with Crippen molar-refractivity contribution in [2.45, 2.75) is 38.3 Å². The number of rotatable bonds is 9. The number of likely N-dealkylation sites (tertiary alicyclic amines) is 1. The van der Waals surface area contributed by atoms with E-state index >= 15 is 0 Å². The topological polar surface area (TPSA) is 60.0 Å². The lowest BCUT2D eigenvalue weighted by Crippen LogP contribution is -2.41. The van der Waals surface area contributed by atoms with E-state index in [1.54, 1.807) is 14.2 Å². The van der Waals surface area contributed by atoms with Gasteiger partial charge in [-0.2, -0.15) is 0 Å². The van der Waals surface area contributed by atoms with E-state index < -0.39 is 0 Å². The van der Waals surface area contributed by atoms with Crippen molar-refractivity contribution in [1.29, 1.82) is 0 Å². The van der Waals surface area contributed by atoms with Crippen molar-refractivity contribution < 1.29 is 19.0 Å². The van der Waals surface area contributed by atoms with E-state index in [9.17, 15) is 4.79 Å². The number of methoxy groups -OCH3 is 2. The van der Waals surface area contributed by atoms with Gasteiger partial charge in [-0.25, -0.2) is 0 Å². The fourth-order valence-electron chi connectivity index (χ4n) is 3.94. The Morgan fingerprint density at radius 1 is 1.06 bits per heavy atom. The third kappa shape index (κ3) is 6.71. The van der Waals surface area contributed by atoms with Crippen molar-refractivity contribution in [3.8, 4) is 11.5 Å². The molecule has 1 amide bonds. The zero-order valence-corrected chi connectivity index (χ0v) is 18.9. The molecule has 168 valence electrons. The molecule has 6 heteroatoms. The van der Waals surface area contributed by atoms with Crippen LogP contribution >= 0.6 is 0 Å². The van der Waals surface area contributed by atoms with Crippen LogP contribution in [0, 0.1) is 6.92 Å². The molecule has 2 aromatic carbocycles. The molecular formula is C25H34N2O4. The third-order valence-electron chi connectivity index (χ3n) is 5.98. The second-order valence-corrected chi connectivity index (χ2v) is 8.21. The standard InChI is InChI=1S/C25H34N2O4/c1-20-9-11-22(12-10-20)31-19-25(30-3)13-6-15-27(16-14-25)18-24(28)26-17-21-7-4-5-8-23(21)29-2/h4-5,7-12H,6,13-19H2,1-3H3,(H,26,28). The maximum Gasteiger partial charge on any atom is 0.234 e. The molecule has 1 aliphatic rings. The van der Waals surface area contributed by atoms with Gasteiger partial charge in [0.05, 0.1) is 13.7 Å². The van der Waals surface area contributed by atoms with Gasteiger partial charge in [0.15, 0.2) is 0 Å². The van der Waals surface area contributed by atoms with Crippen LogP contribution < -0.4 is 14.8 Å². The predicted molar refractivity (Wildman–Crippen MR) is 122 cm³/mol. The van der Waals surface area contributed by atoms with Crippen LogP contribution in [-0.2, 0) is 16.1 Å². The number of amides is 1. The summed E-state index contributed by atoms with van der Waals surface area (Å²) in [6.45, 7) is 5.09. The highest BCUT2D eigenvalue weighted by molar-refractivity contribution is 5.78. The van der Waals surface area contributed by atoms with Crippen LogP contribution in [0.1, 0.15) is 30.4 Å². The number of nitrogens with zero attached hydrogens (tertiary/aromatic N) is 1. The highest BCUT2D eigenvalue weighted by atomic mass is 16.5. The number of aryl methyl sites for hydroxylation is 1. The summed E-state index contributed by atoms with van der Waals surface area (Å²) in [4.78, 5) is 14.7. The minimum Gasteiger partial charge on any atom is -0.496 e. The average molecular weight is 427 g/mol. The number of para-hydroxylation sites is 1. The summed E-state index contributed by atoms with van der Waals surface area (Å²) in [5, 5.41) is 3.01. The van der Waals surface area contributed by atoms with Gasteiger partial charge in [-0.15, -0.1) is 0 Å². The number of hydrogen-bond donors (Lipinski definition) is 1. The van der Waals surface area contributed by atoms with Gasteiger partial charge in [0, 0.05) is 25.8 Å². The molecule has 3 rings (SSSR count). The Balaban J connectivity index is 1.48. The van der Waals surface area contributed by atoms with Crippen molar-refractivity contribution in [3.63, 3.8) is 0 Å². The highest BCUT2D eigenvalue weighted by Gasteiger charge is 2.34. The molecule has 0 radical (unpaired) electrons. The number of carbonyl (C=O) groups is 1. The Kier molecular flexibility index (Phi) is 8.32. The van der Waals surface area contributed by atoms with Crippen molar-refractivity contribution >= 4 is 5.91 Å². The first-order valence-electron chi connectivity index (χ1n) is 10.9. The molecule has 0 aromatic heterocycles. The molecule has 1 unspecified atom stereocenters. The second kappa shape index (κ2) is 11.2. The summed E-state index contributed by atoms with van der Waals surface area (Å²) in [6, 6.07) is 15.8.